The monoisotopic (exact) mass is 390 g/mol. The summed E-state index contributed by atoms with van der Waals surface area (Å²) in [5.41, 5.74) is 0.0242. The number of rotatable bonds is 1. The van der Waals surface area contributed by atoms with Gasteiger partial charge in [0.1, 0.15) is 17.3 Å². The van der Waals surface area contributed by atoms with E-state index in [9.17, 15) is 34.5 Å². The number of hydrogen-bond acceptors (Lipinski definition) is 7. The average Bonchev–Trinajstić information content (AvgIpc) is 2.62. The highest BCUT2D eigenvalue weighted by Gasteiger charge is 2.35. The van der Waals surface area contributed by atoms with E-state index in [1.165, 1.54) is 25.1 Å². The molecule has 2 aliphatic rings. The molecule has 0 heterocycles. The molecule has 7 heteroatoms. The van der Waals surface area contributed by atoms with Gasteiger partial charge in [-0.25, -0.2) is 0 Å². The molecule has 0 atom stereocenters. The van der Waals surface area contributed by atoms with Crippen LogP contribution >= 0.6 is 0 Å². The van der Waals surface area contributed by atoms with Crippen LogP contribution in [0, 0.1) is 13.8 Å². The zero-order valence-electron chi connectivity index (χ0n) is 15.4. The third-order valence-electron chi connectivity index (χ3n) is 5.04. The summed E-state index contributed by atoms with van der Waals surface area (Å²) in [5, 5.41) is 30.8. The van der Waals surface area contributed by atoms with Crippen LogP contribution in [0.2, 0.25) is 0 Å². The molecule has 0 saturated heterocycles. The van der Waals surface area contributed by atoms with E-state index >= 15 is 0 Å². The lowest BCUT2D eigenvalue weighted by Crippen LogP contribution is -2.21. The molecule has 0 radical (unpaired) electrons. The van der Waals surface area contributed by atoms with E-state index in [1.807, 2.05) is 0 Å². The second-order valence-electron chi connectivity index (χ2n) is 7.02. The summed E-state index contributed by atoms with van der Waals surface area (Å²) < 4.78 is 0. The molecule has 2 aromatic carbocycles. The third-order valence-corrected chi connectivity index (χ3v) is 5.04. The summed E-state index contributed by atoms with van der Waals surface area (Å²) in [6.45, 7) is 3.18. The molecular weight excluding hydrogens is 376 g/mol. The molecule has 0 fully saturated rings. The lowest BCUT2D eigenvalue weighted by Gasteiger charge is -2.22. The van der Waals surface area contributed by atoms with Gasteiger partial charge in [0.25, 0.3) is 0 Å². The molecule has 0 aliphatic heterocycles. The Morgan fingerprint density at radius 2 is 1.38 bits per heavy atom. The van der Waals surface area contributed by atoms with E-state index in [-0.39, 0.29) is 33.6 Å². The molecule has 0 unspecified atom stereocenters. The van der Waals surface area contributed by atoms with Crippen molar-refractivity contribution in [3.05, 3.63) is 69.3 Å². The van der Waals surface area contributed by atoms with Crippen LogP contribution in [-0.4, -0.2) is 38.5 Å². The first-order valence-corrected chi connectivity index (χ1v) is 8.62. The Hall–Kier alpha value is -4.00. The highest BCUT2D eigenvalue weighted by Crippen LogP contribution is 2.42. The van der Waals surface area contributed by atoms with Crippen LogP contribution in [-0.2, 0) is 4.79 Å². The number of aliphatic hydroxyl groups excluding tert-OH is 1. The normalized spacial score (nSPS) is 15.7. The number of phenolic OH excluding ortho intramolecular Hbond substituents is 2. The third kappa shape index (κ3) is 2.51. The van der Waals surface area contributed by atoms with Crippen LogP contribution < -0.4 is 0 Å². The number of aryl methyl sites for hydroxylation is 2. The number of carbonyl (C=O) groups is 4. The standard InChI is InChI=1S/C22H14O7/c1-8-3-11-18(14(24)4-8)15(25)6-12(20(11)27)17-9(2)5-10-13(23)7-16(26)21(28)19(10)22(17)29/h3-7,23-24,29H,1-2H3. The molecule has 2 aromatic rings. The number of fused-ring (bicyclic) bond motifs is 2. The van der Waals surface area contributed by atoms with Gasteiger partial charge < -0.3 is 15.3 Å². The smallest absolute Gasteiger partial charge is 0.237 e. The Morgan fingerprint density at radius 3 is 2.07 bits per heavy atom. The van der Waals surface area contributed by atoms with E-state index in [0.717, 1.165) is 12.2 Å². The van der Waals surface area contributed by atoms with Gasteiger partial charge in [0.2, 0.25) is 11.6 Å². The summed E-state index contributed by atoms with van der Waals surface area (Å²) >= 11 is 0. The quantitative estimate of drug-likeness (QED) is 0.639. The van der Waals surface area contributed by atoms with Gasteiger partial charge in [-0.1, -0.05) is 0 Å². The van der Waals surface area contributed by atoms with Crippen molar-refractivity contribution in [3.8, 4) is 11.5 Å². The maximum absolute atomic E-state index is 13.1. The first kappa shape index (κ1) is 18.4. The van der Waals surface area contributed by atoms with Crippen molar-refractivity contribution < 1.29 is 34.5 Å². The number of benzene rings is 2. The topological polar surface area (TPSA) is 129 Å². The molecule has 144 valence electrons. The van der Waals surface area contributed by atoms with Crippen LogP contribution in [0.25, 0.3) is 11.3 Å². The van der Waals surface area contributed by atoms with E-state index in [4.69, 9.17) is 0 Å². The predicted octanol–water partition coefficient (Wildman–Crippen LogP) is 2.84. The highest BCUT2D eigenvalue weighted by atomic mass is 16.3. The van der Waals surface area contributed by atoms with Crippen molar-refractivity contribution in [2.45, 2.75) is 13.8 Å². The highest BCUT2D eigenvalue weighted by molar-refractivity contribution is 6.51. The van der Waals surface area contributed by atoms with E-state index in [0.29, 0.717) is 11.1 Å². The molecule has 7 nitrogen and oxygen atoms in total. The number of Topliss-reactive ketones (excluding diaryl/α,β-unsaturated/α-hetero) is 2. The maximum atomic E-state index is 13.1. The van der Waals surface area contributed by atoms with Gasteiger partial charge in [-0.3, -0.25) is 19.2 Å². The minimum absolute atomic E-state index is 0.0216. The molecule has 0 bridgehead atoms. The van der Waals surface area contributed by atoms with E-state index in [2.05, 4.69) is 0 Å². The summed E-state index contributed by atoms with van der Waals surface area (Å²) in [4.78, 5) is 49.8. The van der Waals surface area contributed by atoms with Crippen LogP contribution in [0.3, 0.4) is 0 Å². The number of aromatic hydroxyl groups is 2. The summed E-state index contributed by atoms with van der Waals surface area (Å²) in [7, 11) is 0. The molecule has 0 saturated carbocycles. The fraction of sp³-hybridized carbons (Fsp3) is 0.0909. The van der Waals surface area contributed by atoms with Gasteiger partial charge in [-0.05, 0) is 49.2 Å². The fourth-order valence-corrected chi connectivity index (χ4v) is 3.77. The van der Waals surface area contributed by atoms with Gasteiger partial charge in [0, 0.05) is 28.3 Å². The van der Waals surface area contributed by atoms with E-state index in [1.54, 1.807) is 6.92 Å². The second-order valence-corrected chi connectivity index (χ2v) is 7.02. The molecular formula is C22H14O7. The van der Waals surface area contributed by atoms with Crippen molar-refractivity contribution in [1.29, 1.82) is 0 Å². The summed E-state index contributed by atoms with van der Waals surface area (Å²) in [6, 6.07) is 4.18. The Morgan fingerprint density at radius 1 is 0.690 bits per heavy atom. The maximum Gasteiger partial charge on any atom is 0.237 e. The van der Waals surface area contributed by atoms with Gasteiger partial charge in [0.05, 0.1) is 11.1 Å². The molecule has 4 rings (SSSR count). The Labute approximate surface area is 164 Å². The molecule has 0 spiro atoms. The van der Waals surface area contributed by atoms with Gasteiger partial charge in [-0.15, -0.1) is 0 Å². The van der Waals surface area contributed by atoms with E-state index < -0.39 is 40.2 Å². The van der Waals surface area contributed by atoms with Crippen molar-refractivity contribution in [2.75, 3.05) is 0 Å². The van der Waals surface area contributed by atoms with Gasteiger partial charge in [0.15, 0.2) is 11.6 Å². The zero-order chi connectivity index (χ0) is 21.2. The number of allylic oxidation sites excluding steroid dienone is 3. The molecule has 0 aromatic heterocycles. The first-order valence-electron chi connectivity index (χ1n) is 8.62. The molecule has 2 aliphatic carbocycles. The SMILES string of the molecule is Cc1cc(O)c2c(c1)C(=O)C(c1c(C)cc3c(c1O)C(=O)C(=O)C=C3O)=CC2=O. The predicted molar refractivity (Wildman–Crippen MR) is 102 cm³/mol. The van der Waals surface area contributed by atoms with Crippen molar-refractivity contribution in [1.82, 2.24) is 0 Å². The Bertz CT molecular complexity index is 1260. The fourth-order valence-electron chi connectivity index (χ4n) is 3.77. The average molecular weight is 390 g/mol. The number of carbonyl (C=O) groups excluding carboxylic acids is 4. The van der Waals surface area contributed by atoms with Gasteiger partial charge in [-0.2, -0.15) is 0 Å². The van der Waals surface area contributed by atoms with Crippen molar-refractivity contribution in [3.63, 3.8) is 0 Å². The molecule has 3 N–H and O–H groups in total. The first-order chi connectivity index (χ1) is 13.6. The van der Waals surface area contributed by atoms with Crippen LogP contribution in [0.4, 0.5) is 0 Å². The largest absolute Gasteiger partial charge is 0.507 e. The lowest BCUT2D eigenvalue weighted by atomic mass is 9.80. The molecule has 0 amide bonds. The van der Waals surface area contributed by atoms with Crippen LogP contribution in [0.15, 0.2) is 30.4 Å². The minimum atomic E-state index is -1.03. The zero-order valence-corrected chi connectivity index (χ0v) is 15.4. The summed E-state index contributed by atoms with van der Waals surface area (Å²) in [5.74, 6) is -4.74. The van der Waals surface area contributed by atoms with Crippen molar-refractivity contribution in [2.24, 2.45) is 0 Å². The number of aliphatic hydroxyl groups is 1. The number of phenols is 2. The van der Waals surface area contributed by atoms with Gasteiger partial charge >= 0.3 is 0 Å². The van der Waals surface area contributed by atoms with Crippen molar-refractivity contribution >= 4 is 34.5 Å². The second kappa shape index (κ2) is 6.00. The Balaban J connectivity index is 1.99. The number of ketones is 4. The lowest BCUT2D eigenvalue weighted by molar-refractivity contribution is -0.111. The van der Waals surface area contributed by atoms with Crippen LogP contribution in [0.1, 0.15) is 53.3 Å². The van der Waals surface area contributed by atoms with Crippen LogP contribution in [0.5, 0.6) is 11.5 Å². The number of hydrogen-bond donors (Lipinski definition) is 3. The summed E-state index contributed by atoms with van der Waals surface area (Å²) in [6.07, 6.45) is 1.75. The Kier molecular flexibility index (Phi) is 3.80. The molecule has 29 heavy (non-hydrogen) atoms. The minimum Gasteiger partial charge on any atom is -0.507 e.